The van der Waals surface area contributed by atoms with Gasteiger partial charge < -0.3 is 10.1 Å². The molecule has 9 nitrogen and oxygen atoms in total. The average molecular weight is 700 g/mol. The van der Waals surface area contributed by atoms with Gasteiger partial charge in [0.05, 0.1) is 23.2 Å². The van der Waals surface area contributed by atoms with Crippen molar-refractivity contribution >= 4 is 54.4 Å². The number of ether oxygens (including phenoxy) is 1. The third kappa shape index (κ3) is 6.97. The first kappa shape index (κ1) is 31.6. The number of carbonyl (C=O) groups excluding carboxylic acids is 2. The van der Waals surface area contributed by atoms with E-state index in [0.29, 0.717) is 44.2 Å². The fourth-order valence-electron chi connectivity index (χ4n) is 4.63. The molecule has 2 N–H and O–H groups in total. The van der Waals surface area contributed by atoms with Gasteiger partial charge in [0.2, 0.25) is 5.95 Å². The zero-order valence-electron chi connectivity index (χ0n) is 23.2. The van der Waals surface area contributed by atoms with Crippen molar-refractivity contribution in [3.8, 4) is 11.1 Å². The highest BCUT2D eigenvalue weighted by Crippen LogP contribution is 2.27. The third-order valence-corrected chi connectivity index (χ3v) is 8.81. The van der Waals surface area contributed by atoms with Gasteiger partial charge in [0.25, 0.3) is 15.9 Å². The van der Waals surface area contributed by atoms with Crippen molar-refractivity contribution in [1.29, 1.82) is 0 Å². The molecule has 0 aliphatic carbocycles. The number of methoxy groups -OCH3 is 1. The van der Waals surface area contributed by atoms with Crippen LogP contribution in [0.1, 0.15) is 15.9 Å². The fraction of sp³-hybridized carbons (Fsp3) is 0.0968. The smallest absolute Gasteiger partial charge is 0.328 e. The Kier molecular flexibility index (Phi) is 9.16. The van der Waals surface area contributed by atoms with Crippen molar-refractivity contribution in [3.05, 3.63) is 118 Å². The van der Waals surface area contributed by atoms with Crippen LogP contribution in [0.4, 0.5) is 18.9 Å². The topological polar surface area (TPSA) is 127 Å². The molecule has 0 radical (unpaired) electrons. The summed E-state index contributed by atoms with van der Waals surface area (Å²) in [6.45, 7) is 0. The van der Waals surface area contributed by atoms with Gasteiger partial charge in [-0.2, -0.15) is 4.39 Å². The SMILES string of the molecule is COC(=O)[C@H](Cc1ccc(Br)c2ncccc12)NC(=O)c1c(F)cc(NS(=O)(=O)c2ccc(-c3ccnc(F)c3)cc2)cc1F. The molecule has 0 saturated carbocycles. The first-order valence-corrected chi connectivity index (χ1v) is 15.4. The van der Waals surface area contributed by atoms with Crippen LogP contribution < -0.4 is 10.0 Å². The fourth-order valence-corrected chi connectivity index (χ4v) is 6.12. The maximum Gasteiger partial charge on any atom is 0.328 e. The van der Waals surface area contributed by atoms with Gasteiger partial charge in [-0.25, -0.2) is 27.0 Å². The number of nitrogens with zero attached hydrogens (tertiary/aromatic N) is 2. The van der Waals surface area contributed by atoms with Crippen LogP contribution in [0.5, 0.6) is 0 Å². The lowest BCUT2D eigenvalue weighted by molar-refractivity contribution is -0.142. The molecule has 0 unspecified atom stereocenters. The number of carbonyl (C=O) groups is 2. The summed E-state index contributed by atoms with van der Waals surface area (Å²) in [7, 11) is -3.21. The van der Waals surface area contributed by atoms with E-state index in [9.17, 15) is 22.4 Å². The van der Waals surface area contributed by atoms with Crippen LogP contribution in [0.2, 0.25) is 0 Å². The van der Waals surface area contributed by atoms with Gasteiger partial charge in [-0.15, -0.1) is 0 Å². The Morgan fingerprint density at radius 1 is 0.911 bits per heavy atom. The molecular weight excluding hydrogens is 677 g/mol. The van der Waals surface area contributed by atoms with E-state index in [1.165, 1.54) is 36.5 Å². The molecule has 1 amide bonds. The standard InChI is InChI=1S/C31H22BrF3N4O5S/c1-44-31(41)26(13-19-6-9-23(32)29-22(19)3-2-11-37-29)38-30(40)28-24(33)15-20(16-25(28)34)39-45(42,43)21-7-4-17(5-8-21)18-10-12-36-27(35)14-18/h2-12,14-16,26,39H,13H2,1H3,(H,38,40)/t26-/m0/s1. The monoisotopic (exact) mass is 698 g/mol. The predicted octanol–water partition coefficient (Wildman–Crippen LogP) is 5.79. The van der Waals surface area contributed by atoms with E-state index in [1.807, 2.05) is 0 Å². The van der Waals surface area contributed by atoms with Crippen molar-refractivity contribution in [1.82, 2.24) is 15.3 Å². The second-order valence-electron chi connectivity index (χ2n) is 9.67. The quantitative estimate of drug-likeness (QED) is 0.147. The molecule has 3 aromatic carbocycles. The van der Waals surface area contributed by atoms with Gasteiger partial charge in [0, 0.05) is 34.7 Å². The van der Waals surface area contributed by atoms with Gasteiger partial charge in [-0.05, 0) is 75.1 Å². The molecular formula is C31H22BrF3N4O5S. The normalized spacial score (nSPS) is 12.0. The summed E-state index contributed by atoms with van der Waals surface area (Å²) in [6.07, 6.45) is 2.78. The first-order chi connectivity index (χ1) is 21.5. The van der Waals surface area contributed by atoms with E-state index >= 15 is 8.78 Å². The Bertz CT molecular complexity index is 2020. The maximum atomic E-state index is 15.1. The largest absolute Gasteiger partial charge is 0.467 e. The number of pyridine rings is 2. The Labute approximate surface area is 263 Å². The number of anilines is 1. The summed E-state index contributed by atoms with van der Waals surface area (Å²) in [4.78, 5) is 33.1. The number of halogens is 4. The predicted molar refractivity (Wildman–Crippen MR) is 163 cm³/mol. The molecule has 14 heteroatoms. The maximum absolute atomic E-state index is 15.1. The average Bonchev–Trinajstić information content (AvgIpc) is 3.01. The minimum atomic E-state index is -4.32. The van der Waals surface area contributed by atoms with Crippen LogP contribution in [-0.2, 0) is 26.0 Å². The molecule has 2 heterocycles. The molecule has 0 spiro atoms. The van der Waals surface area contributed by atoms with Crippen LogP contribution in [-0.4, -0.2) is 43.4 Å². The molecule has 0 fully saturated rings. The van der Waals surface area contributed by atoms with Crippen LogP contribution in [0.3, 0.4) is 0 Å². The van der Waals surface area contributed by atoms with Crippen molar-refractivity contribution in [2.45, 2.75) is 17.4 Å². The minimum Gasteiger partial charge on any atom is -0.467 e. The molecule has 1 atom stereocenters. The highest BCUT2D eigenvalue weighted by atomic mass is 79.9. The van der Waals surface area contributed by atoms with E-state index in [2.05, 4.69) is 35.9 Å². The molecule has 0 bridgehead atoms. The number of fused-ring (bicyclic) bond motifs is 1. The summed E-state index contributed by atoms with van der Waals surface area (Å²) in [6, 6.07) is 14.9. The van der Waals surface area contributed by atoms with Crippen LogP contribution in [0.25, 0.3) is 22.0 Å². The van der Waals surface area contributed by atoms with Crippen molar-refractivity contribution in [3.63, 3.8) is 0 Å². The number of nitrogens with one attached hydrogen (secondary N) is 2. The lowest BCUT2D eigenvalue weighted by Gasteiger charge is -2.18. The van der Waals surface area contributed by atoms with E-state index < -0.39 is 56.8 Å². The number of hydrogen-bond donors (Lipinski definition) is 2. The van der Waals surface area contributed by atoms with Gasteiger partial charge in [0.15, 0.2) is 0 Å². The van der Waals surface area contributed by atoms with E-state index in [-0.39, 0.29) is 11.3 Å². The lowest BCUT2D eigenvalue weighted by Crippen LogP contribution is -2.43. The Hall–Kier alpha value is -4.82. The molecule has 5 rings (SSSR count). The minimum absolute atomic E-state index is 0.0795. The Morgan fingerprint density at radius 3 is 2.29 bits per heavy atom. The van der Waals surface area contributed by atoms with Crippen molar-refractivity contribution in [2.75, 3.05) is 11.8 Å². The number of benzene rings is 3. The zero-order valence-corrected chi connectivity index (χ0v) is 25.6. The Balaban J connectivity index is 1.35. The van der Waals surface area contributed by atoms with Crippen LogP contribution in [0.15, 0.2) is 94.6 Å². The first-order valence-electron chi connectivity index (χ1n) is 13.1. The summed E-state index contributed by atoms with van der Waals surface area (Å²) in [5.74, 6) is -5.56. The molecule has 0 aliphatic rings. The van der Waals surface area contributed by atoms with Crippen LogP contribution in [0, 0.1) is 17.6 Å². The second kappa shape index (κ2) is 13.0. The molecule has 230 valence electrons. The van der Waals surface area contributed by atoms with Crippen molar-refractivity contribution in [2.24, 2.45) is 0 Å². The molecule has 0 aliphatic heterocycles. The van der Waals surface area contributed by atoms with Gasteiger partial charge in [-0.1, -0.05) is 24.3 Å². The lowest BCUT2D eigenvalue weighted by atomic mass is 10.0. The van der Waals surface area contributed by atoms with E-state index in [4.69, 9.17) is 4.74 Å². The van der Waals surface area contributed by atoms with Crippen LogP contribution >= 0.6 is 15.9 Å². The third-order valence-electron chi connectivity index (χ3n) is 6.77. The summed E-state index contributed by atoms with van der Waals surface area (Å²) in [5, 5.41) is 3.00. The number of aromatic nitrogens is 2. The zero-order chi connectivity index (χ0) is 32.3. The van der Waals surface area contributed by atoms with Gasteiger partial charge >= 0.3 is 5.97 Å². The molecule has 2 aromatic heterocycles. The van der Waals surface area contributed by atoms with Crippen molar-refractivity contribution < 1.29 is 35.9 Å². The summed E-state index contributed by atoms with van der Waals surface area (Å²) >= 11 is 3.41. The van der Waals surface area contributed by atoms with Gasteiger partial charge in [0.1, 0.15) is 23.2 Å². The summed E-state index contributed by atoms with van der Waals surface area (Å²) in [5.41, 5.74) is 0.694. The highest BCUT2D eigenvalue weighted by Gasteiger charge is 2.28. The molecule has 45 heavy (non-hydrogen) atoms. The number of esters is 1. The van der Waals surface area contributed by atoms with Gasteiger partial charge in [-0.3, -0.25) is 14.5 Å². The molecule has 5 aromatic rings. The number of amides is 1. The highest BCUT2D eigenvalue weighted by molar-refractivity contribution is 9.10. The van der Waals surface area contributed by atoms with E-state index in [0.717, 1.165) is 7.11 Å². The van der Waals surface area contributed by atoms with E-state index in [1.54, 1.807) is 36.5 Å². The number of rotatable bonds is 9. The number of sulfonamides is 1. The summed E-state index contributed by atoms with van der Waals surface area (Å²) < 4.78 is 77.1. The Morgan fingerprint density at radius 2 is 1.62 bits per heavy atom. The second-order valence-corrected chi connectivity index (χ2v) is 12.2. The number of hydrogen-bond acceptors (Lipinski definition) is 7. The molecule has 0 saturated heterocycles.